The van der Waals surface area contributed by atoms with Gasteiger partial charge in [-0.1, -0.05) is 17.7 Å². The van der Waals surface area contributed by atoms with Crippen molar-refractivity contribution in [1.29, 1.82) is 0 Å². The average Bonchev–Trinajstić information content (AvgIpc) is 2.39. The number of amides is 1. The molecule has 1 aromatic carbocycles. The van der Waals surface area contributed by atoms with Crippen LogP contribution < -0.4 is 10.2 Å². The number of rotatable bonds is 4. The van der Waals surface area contributed by atoms with Gasteiger partial charge < -0.3 is 10.2 Å². The number of hydrogen-bond acceptors (Lipinski definition) is 4. The molecule has 0 fully saturated rings. The van der Waals surface area contributed by atoms with Crippen LogP contribution in [-0.2, 0) is 4.79 Å². The molecule has 0 bridgehead atoms. The van der Waals surface area contributed by atoms with E-state index >= 15 is 0 Å². The molecule has 0 unspecified atom stereocenters. The third kappa shape index (κ3) is 3.93. The minimum atomic E-state index is -0.154. The first-order valence-corrected chi connectivity index (χ1v) is 6.47. The fourth-order valence-electron chi connectivity index (χ4n) is 1.64. The molecule has 6 heteroatoms. The molecule has 0 atom stereocenters. The third-order valence-corrected chi connectivity index (χ3v) is 2.83. The van der Waals surface area contributed by atoms with Gasteiger partial charge in [0.25, 0.3) is 0 Å². The fourth-order valence-corrected chi connectivity index (χ4v) is 1.83. The third-order valence-electron chi connectivity index (χ3n) is 2.60. The molecular formula is C14H15ClN4O. The number of aryl methyl sites for hydroxylation is 1. The molecule has 2 rings (SSSR count). The summed E-state index contributed by atoms with van der Waals surface area (Å²) in [6, 6.07) is 7.02. The Morgan fingerprint density at radius 3 is 2.70 bits per heavy atom. The second-order valence-corrected chi connectivity index (χ2v) is 4.91. The second-order valence-electron chi connectivity index (χ2n) is 4.48. The van der Waals surface area contributed by atoms with Crippen LogP contribution in [0, 0.1) is 6.92 Å². The number of aromatic nitrogens is 2. The topological polar surface area (TPSA) is 58.1 Å². The first-order valence-electron chi connectivity index (χ1n) is 6.10. The maximum Gasteiger partial charge on any atom is 0.243 e. The predicted molar refractivity (Wildman–Crippen MR) is 80.1 cm³/mol. The standard InChI is InChI=1S/C14H15ClN4O/c1-10-7-16-14(17-8-10)19(2)9-13(20)18-12-5-3-4-11(15)6-12/h3-8H,9H2,1-2H3,(H,18,20). The minimum Gasteiger partial charge on any atom is -0.335 e. The summed E-state index contributed by atoms with van der Waals surface area (Å²) in [5.41, 5.74) is 1.64. The molecule has 2 aromatic rings. The molecule has 20 heavy (non-hydrogen) atoms. The highest BCUT2D eigenvalue weighted by molar-refractivity contribution is 6.30. The van der Waals surface area contributed by atoms with Crippen molar-refractivity contribution in [3.05, 3.63) is 47.2 Å². The summed E-state index contributed by atoms with van der Waals surface area (Å²) in [6.07, 6.45) is 3.43. The van der Waals surface area contributed by atoms with Crippen LogP contribution in [0.5, 0.6) is 0 Å². The summed E-state index contributed by atoms with van der Waals surface area (Å²) < 4.78 is 0. The number of hydrogen-bond donors (Lipinski definition) is 1. The monoisotopic (exact) mass is 290 g/mol. The Labute approximate surface area is 122 Å². The van der Waals surface area contributed by atoms with Gasteiger partial charge in [-0.3, -0.25) is 4.79 Å². The lowest BCUT2D eigenvalue weighted by Gasteiger charge is -2.16. The van der Waals surface area contributed by atoms with E-state index in [1.807, 2.05) is 6.92 Å². The highest BCUT2D eigenvalue weighted by Crippen LogP contribution is 2.15. The van der Waals surface area contributed by atoms with Crippen LogP contribution in [0.15, 0.2) is 36.7 Å². The minimum absolute atomic E-state index is 0.154. The molecule has 0 aliphatic rings. The van der Waals surface area contributed by atoms with E-state index in [2.05, 4.69) is 15.3 Å². The smallest absolute Gasteiger partial charge is 0.243 e. The van der Waals surface area contributed by atoms with E-state index in [1.54, 1.807) is 48.6 Å². The molecule has 5 nitrogen and oxygen atoms in total. The Kier molecular flexibility index (Phi) is 4.53. The maximum atomic E-state index is 11.9. The molecule has 104 valence electrons. The van der Waals surface area contributed by atoms with E-state index in [9.17, 15) is 4.79 Å². The second kappa shape index (κ2) is 6.34. The number of carbonyl (C=O) groups excluding carboxylic acids is 1. The Hall–Kier alpha value is -2.14. The van der Waals surface area contributed by atoms with Crippen molar-refractivity contribution in [2.45, 2.75) is 6.92 Å². The number of carbonyl (C=O) groups is 1. The molecule has 0 spiro atoms. The molecule has 1 amide bonds. The molecule has 1 N–H and O–H groups in total. The highest BCUT2D eigenvalue weighted by atomic mass is 35.5. The highest BCUT2D eigenvalue weighted by Gasteiger charge is 2.09. The van der Waals surface area contributed by atoms with Gasteiger partial charge in [-0.15, -0.1) is 0 Å². The Bertz CT molecular complexity index is 600. The largest absolute Gasteiger partial charge is 0.335 e. The summed E-state index contributed by atoms with van der Waals surface area (Å²) in [5, 5.41) is 3.36. The lowest BCUT2D eigenvalue weighted by Crippen LogP contribution is -2.31. The van der Waals surface area contributed by atoms with Crippen LogP contribution >= 0.6 is 11.6 Å². The summed E-state index contributed by atoms with van der Waals surface area (Å²) >= 11 is 5.86. The summed E-state index contributed by atoms with van der Waals surface area (Å²) in [5.74, 6) is 0.357. The predicted octanol–water partition coefficient (Wildman–Crippen LogP) is 2.51. The first-order chi connectivity index (χ1) is 9.54. The molecule has 1 aromatic heterocycles. The van der Waals surface area contributed by atoms with Crippen molar-refractivity contribution in [1.82, 2.24) is 9.97 Å². The van der Waals surface area contributed by atoms with Crippen molar-refractivity contribution in [3.8, 4) is 0 Å². The van der Waals surface area contributed by atoms with Crippen molar-refractivity contribution < 1.29 is 4.79 Å². The maximum absolute atomic E-state index is 11.9. The number of halogens is 1. The van der Waals surface area contributed by atoms with Crippen LogP contribution in [0.25, 0.3) is 0 Å². The molecule has 0 radical (unpaired) electrons. The number of likely N-dealkylation sites (N-methyl/N-ethyl adjacent to an activating group) is 1. The molecule has 0 saturated heterocycles. The zero-order valence-electron chi connectivity index (χ0n) is 11.3. The van der Waals surface area contributed by atoms with Crippen LogP contribution in [0.2, 0.25) is 5.02 Å². The van der Waals surface area contributed by atoms with E-state index in [-0.39, 0.29) is 12.5 Å². The number of nitrogens with one attached hydrogen (secondary N) is 1. The first kappa shape index (κ1) is 14.3. The summed E-state index contributed by atoms with van der Waals surface area (Å²) in [4.78, 5) is 21.9. The van der Waals surface area contributed by atoms with Gasteiger partial charge in [0.05, 0.1) is 6.54 Å². The van der Waals surface area contributed by atoms with E-state index < -0.39 is 0 Å². The molecule has 0 aliphatic carbocycles. The number of nitrogens with zero attached hydrogens (tertiary/aromatic N) is 3. The van der Waals surface area contributed by atoms with Crippen molar-refractivity contribution in [2.75, 3.05) is 23.8 Å². The van der Waals surface area contributed by atoms with E-state index in [0.717, 1.165) is 5.56 Å². The van der Waals surface area contributed by atoms with Crippen LogP contribution in [0.4, 0.5) is 11.6 Å². The van der Waals surface area contributed by atoms with Crippen LogP contribution in [-0.4, -0.2) is 29.5 Å². The normalized spacial score (nSPS) is 10.2. The Morgan fingerprint density at radius 1 is 1.35 bits per heavy atom. The lowest BCUT2D eigenvalue weighted by atomic mass is 10.3. The molecule has 0 aliphatic heterocycles. The quantitative estimate of drug-likeness (QED) is 0.940. The van der Waals surface area contributed by atoms with Gasteiger partial charge in [-0.05, 0) is 30.7 Å². The van der Waals surface area contributed by atoms with Gasteiger partial charge in [-0.2, -0.15) is 0 Å². The van der Waals surface area contributed by atoms with Crippen molar-refractivity contribution in [2.24, 2.45) is 0 Å². The summed E-state index contributed by atoms with van der Waals surface area (Å²) in [7, 11) is 1.77. The molecular weight excluding hydrogens is 276 g/mol. The zero-order valence-corrected chi connectivity index (χ0v) is 12.1. The van der Waals surface area contributed by atoms with Gasteiger partial charge >= 0.3 is 0 Å². The van der Waals surface area contributed by atoms with Crippen molar-refractivity contribution >= 4 is 29.1 Å². The lowest BCUT2D eigenvalue weighted by molar-refractivity contribution is -0.114. The average molecular weight is 291 g/mol. The van der Waals surface area contributed by atoms with Gasteiger partial charge in [0.1, 0.15) is 0 Å². The van der Waals surface area contributed by atoms with Gasteiger partial charge in [0.2, 0.25) is 11.9 Å². The van der Waals surface area contributed by atoms with Crippen molar-refractivity contribution in [3.63, 3.8) is 0 Å². The van der Waals surface area contributed by atoms with Gasteiger partial charge in [0, 0.05) is 30.2 Å². The van der Waals surface area contributed by atoms with Gasteiger partial charge in [0.15, 0.2) is 0 Å². The van der Waals surface area contributed by atoms with E-state index in [0.29, 0.717) is 16.7 Å². The Balaban J connectivity index is 1.95. The Morgan fingerprint density at radius 2 is 2.05 bits per heavy atom. The van der Waals surface area contributed by atoms with Crippen LogP contribution in [0.3, 0.4) is 0 Å². The SMILES string of the molecule is Cc1cnc(N(C)CC(=O)Nc2cccc(Cl)c2)nc1. The zero-order chi connectivity index (χ0) is 14.5. The van der Waals surface area contributed by atoms with Crippen LogP contribution in [0.1, 0.15) is 5.56 Å². The fraction of sp³-hybridized carbons (Fsp3) is 0.214. The molecule has 0 saturated carbocycles. The summed E-state index contributed by atoms with van der Waals surface area (Å²) in [6.45, 7) is 2.07. The molecule has 1 heterocycles. The van der Waals surface area contributed by atoms with E-state index in [1.165, 1.54) is 0 Å². The van der Waals surface area contributed by atoms with Gasteiger partial charge in [-0.25, -0.2) is 9.97 Å². The number of benzene rings is 1. The van der Waals surface area contributed by atoms with E-state index in [4.69, 9.17) is 11.6 Å². The number of anilines is 2.